The number of nitrogens with zero attached hydrogens (tertiary/aromatic N) is 2. The Balaban J connectivity index is 1.60. The molecule has 0 aliphatic rings. The summed E-state index contributed by atoms with van der Waals surface area (Å²) in [6.07, 6.45) is 4.38. The van der Waals surface area contributed by atoms with E-state index in [0.717, 1.165) is 75.8 Å². The molecule has 0 unspecified atom stereocenters. The molecule has 5 nitrogen and oxygen atoms in total. The van der Waals surface area contributed by atoms with Gasteiger partial charge < -0.3 is 18.8 Å². The first-order valence-electron chi connectivity index (χ1n) is 15.9. The van der Waals surface area contributed by atoms with Gasteiger partial charge in [-0.05, 0) is 111 Å². The fourth-order valence-corrected chi connectivity index (χ4v) is 5.44. The van der Waals surface area contributed by atoms with Crippen molar-refractivity contribution in [2.45, 2.75) is 79.8 Å². The van der Waals surface area contributed by atoms with Crippen molar-refractivity contribution in [1.82, 2.24) is 9.47 Å². The predicted molar refractivity (Wildman–Crippen MR) is 176 cm³/mol. The monoisotopic (exact) mass is 570 g/mol. The number of fused-ring (bicyclic) bond motifs is 1. The van der Waals surface area contributed by atoms with Crippen LogP contribution in [0, 0.1) is 6.92 Å². The van der Waals surface area contributed by atoms with Crippen LogP contribution in [0.1, 0.15) is 71.4 Å². The third-order valence-corrected chi connectivity index (χ3v) is 8.00. The Morgan fingerprint density at radius 1 is 0.714 bits per heavy atom. The maximum Gasteiger partial charge on any atom is 0.120 e. The molecule has 0 spiro atoms. The van der Waals surface area contributed by atoms with Crippen molar-refractivity contribution in [3.63, 3.8) is 0 Å². The van der Waals surface area contributed by atoms with E-state index < -0.39 is 0 Å². The number of hydrogen-bond donors (Lipinski definition) is 0. The molecule has 4 aromatic rings. The molecule has 42 heavy (non-hydrogen) atoms. The van der Waals surface area contributed by atoms with Crippen LogP contribution in [0.2, 0.25) is 0 Å². The van der Waals surface area contributed by atoms with Crippen LogP contribution in [0.5, 0.6) is 17.2 Å². The van der Waals surface area contributed by atoms with Crippen molar-refractivity contribution >= 4 is 10.9 Å². The number of benzene rings is 3. The Labute approximate surface area is 253 Å². The van der Waals surface area contributed by atoms with Crippen molar-refractivity contribution < 1.29 is 14.2 Å². The molecule has 5 heteroatoms. The molecule has 0 bridgehead atoms. The van der Waals surface area contributed by atoms with Gasteiger partial charge in [-0.25, -0.2) is 0 Å². The molecular weight excluding hydrogens is 520 g/mol. The highest BCUT2D eigenvalue weighted by atomic mass is 16.5. The molecule has 0 saturated heterocycles. The van der Waals surface area contributed by atoms with E-state index in [4.69, 9.17) is 14.2 Å². The highest BCUT2D eigenvalue weighted by molar-refractivity contribution is 5.92. The topological polar surface area (TPSA) is 35.9 Å². The van der Waals surface area contributed by atoms with E-state index in [9.17, 15) is 0 Å². The van der Waals surface area contributed by atoms with Gasteiger partial charge in [-0.3, -0.25) is 4.90 Å². The summed E-state index contributed by atoms with van der Waals surface area (Å²) in [5.74, 6) is 2.77. The van der Waals surface area contributed by atoms with Gasteiger partial charge in [-0.1, -0.05) is 45.7 Å². The molecule has 3 aromatic carbocycles. The Kier molecular flexibility index (Phi) is 11.8. The zero-order valence-electron chi connectivity index (χ0n) is 26.6. The molecule has 0 N–H and O–H groups in total. The minimum atomic E-state index is 0.527. The van der Waals surface area contributed by atoms with Gasteiger partial charge in [-0.15, -0.1) is 0 Å². The summed E-state index contributed by atoms with van der Waals surface area (Å²) in [5.41, 5.74) is 6.12. The van der Waals surface area contributed by atoms with Crippen molar-refractivity contribution in [2.24, 2.45) is 0 Å². The number of aromatic nitrogens is 1. The molecular formula is C37H50N2O3. The summed E-state index contributed by atoms with van der Waals surface area (Å²) >= 11 is 0. The molecule has 0 aliphatic carbocycles. The molecule has 226 valence electrons. The smallest absolute Gasteiger partial charge is 0.120 e. The lowest BCUT2D eigenvalue weighted by atomic mass is 10.1. The zero-order valence-corrected chi connectivity index (χ0v) is 26.6. The van der Waals surface area contributed by atoms with Crippen molar-refractivity contribution in [3.8, 4) is 28.5 Å². The molecule has 0 saturated carbocycles. The number of hydrogen-bond acceptors (Lipinski definition) is 4. The van der Waals surface area contributed by atoms with Crippen LogP contribution < -0.4 is 14.2 Å². The third kappa shape index (κ3) is 8.10. The number of rotatable bonds is 17. The summed E-state index contributed by atoms with van der Waals surface area (Å²) in [7, 11) is 0. The van der Waals surface area contributed by atoms with E-state index in [1.807, 2.05) is 0 Å². The Hall–Kier alpha value is -3.44. The maximum atomic E-state index is 6.09. The lowest BCUT2D eigenvalue weighted by molar-refractivity contribution is 0.183. The minimum absolute atomic E-state index is 0.527. The van der Waals surface area contributed by atoms with Gasteiger partial charge in [0.25, 0.3) is 0 Å². The first-order valence-corrected chi connectivity index (χ1v) is 15.9. The van der Waals surface area contributed by atoms with Crippen LogP contribution in [-0.4, -0.2) is 48.4 Å². The zero-order chi connectivity index (χ0) is 29.9. The molecule has 1 heterocycles. The van der Waals surface area contributed by atoms with Gasteiger partial charge in [0.05, 0.1) is 18.9 Å². The molecule has 0 amide bonds. The van der Waals surface area contributed by atoms with E-state index in [0.29, 0.717) is 12.6 Å². The van der Waals surface area contributed by atoms with Gasteiger partial charge in [0.15, 0.2) is 0 Å². The van der Waals surface area contributed by atoms with E-state index in [1.165, 1.54) is 33.3 Å². The summed E-state index contributed by atoms with van der Waals surface area (Å²) in [6.45, 7) is 18.2. The number of ether oxygens (including phenoxy) is 3. The van der Waals surface area contributed by atoms with Crippen LogP contribution >= 0.6 is 0 Å². The van der Waals surface area contributed by atoms with Crippen LogP contribution in [0.25, 0.3) is 22.2 Å². The van der Waals surface area contributed by atoms with Crippen molar-refractivity contribution in [3.05, 3.63) is 77.9 Å². The van der Waals surface area contributed by atoms with Crippen LogP contribution in [0.4, 0.5) is 0 Å². The summed E-state index contributed by atoms with van der Waals surface area (Å²) in [4.78, 5) is 2.42. The van der Waals surface area contributed by atoms with E-state index >= 15 is 0 Å². The molecule has 0 atom stereocenters. The van der Waals surface area contributed by atoms with Crippen LogP contribution in [0.15, 0.2) is 66.7 Å². The highest BCUT2D eigenvalue weighted by Crippen LogP contribution is 2.36. The fourth-order valence-electron chi connectivity index (χ4n) is 5.44. The minimum Gasteiger partial charge on any atom is -0.494 e. The molecule has 0 radical (unpaired) electrons. The normalized spacial score (nSPS) is 11.5. The first-order chi connectivity index (χ1) is 20.4. The Morgan fingerprint density at radius 2 is 1.29 bits per heavy atom. The number of likely N-dealkylation sites (N-methyl/N-ethyl adjacent to an activating group) is 1. The third-order valence-electron chi connectivity index (χ3n) is 8.00. The quantitative estimate of drug-likeness (QED) is 0.119. The fraction of sp³-hybridized carbons (Fsp3) is 0.459. The average molecular weight is 571 g/mol. The number of aryl methyl sites for hydroxylation is 1. The van der Waals surface area contributed by atoms with Gasteiger partial charge in [0.2, 0.25) is 0 Å². The molecule has 0 aliphatic heterocycles. The second-order valence-corrected chi connectivity index (χ2v) is 11.4. The summed E-state index contributed by atoms with van der Waals surface area (Å²) in [6, 6.07) is 24.2. The van der Waals surface area contributed by atoms with Crippen molar-refractivity contribution in [1.29, 1.82) is 0 Å². The van der Waals surface area contributed by atoms with E-state index in [2.05, 4.69) is 118 Å². The summed E-state index contributed by atoms with van der Waals surface area (Å²) in [5, 5.41) is 1.23. The summed E-state index contributed by atoms with van der Waals surface area (Å²) < 4.78 is 20.6. The molecule has 1 aromatic heterocycles. The second-order valence-electron chi connectivity index (χ2n) is 11.4. The SMILES string of the molecule is CCCCOc1ccc(-c2c(C)c3cc(OCCCC)ccc3n2Cc2ccc(OCCN(CC)C(C)C)cc2)cc1. The maximum absolute atomic E-state index is 6.09. The molecule has 0 fully saturated rings. The van der Waals surface area contributed by atoms with E-state index in [1.54, 1.807) is 0 Å². The standard InChI is InChI=1S/C37H50N2O3/c1-7-10-23-40-33-18-14-31(15-19-33)37-29(6)35-26-34(41-24-11-8-2)20-21-36(35)39(37)27-30-12-16-32(17-13-30)42-25-22-38(9-3)28(4)5/h12-21,26,28H,7-11,22-25,27H2,1-6H3. The van der Waals surface area contributed by atoms with E-state index in [-0.39, 0.29) is 0 Å². The van der Waals surface area contributed by atoms with Gasteiger partial charge in [0, 0.05) is 30.0 Å². The first kappa shape index (κ1) is 31.5. The largest absolute Gasteiger partial charge is 0.494 e. The van der Waals surface area contributed by atoms with Crippen molar-refractivity contribution in [2.75, 3.05) is 32.9 Å². The lowest BCUT2D eigenvalue weighted by Gasteiger charge is -2.24. The Morgan fingerprint density at radius 3 is 1.88 bits per heavy atom. The van der Waals surface area contributed by atoms with Crippen LogP contribution in [-0.2, 0) is 6.54 Å². The highest BCUT2D eigenvalue weighted by Gasteiger charge is 2.17. The average Bonchev–Trinajstić information content (AvgIpc) is 3.27. The van der Waals surface area contributed by atoms with Crippen LogP contribution in [0.3, 0.4) is 0 Å². The number of unbranched alkanes of at least 4 members (excludes halogenated alkanes) is 2. The van der Waals surface area contributed by atoms with Gasteiger partial charge in [-0.2, -0.15) is 0 Å². The predicted octanol–water partition coefficient (Wildman–Crippen LogP) is 9.13. The van der Waals surface area contributed by atoms with Gasteiger partial charge in [0.1, 0.15) is 23.9 Å². The lowest BCUT2D eigenvalue weighted by Crippen LogP contribution is -2.34. The second kappa shape index (κ2) is 15.7. The van der Waals surface area contributed by atoms with Gasteiger partial charge >= 0.3 is 0 Å². The molecule has 4 rings (SSSR count). The Bertz CT molecular complexity index is 1370.